The van der Waals surface area contributed by atoms with Crippen LogP contribution in [0.5, 0.6) is 0 Å². The molecule has 0 saturated heterocycles. The first-order valence-corrected chi connectivity index (χ1v) is 8.33. The minimum absolute atomic E-state index is 0.0501. The average molecular weight is 299 g/mol. The monoisotopic (exact) mass is 299 g/mol. The largest absolute Gasteiger partial charge is 0.298 e. The van der Waals surface area contributed by atoms with Gasteiger partial charge in [0.25, 0.3) is 0 Å². The average Bonchev–Trinajstić information content (AvgIpc) is 3.13. The van der Waals surface area contributed by atoms with E-state index >= 15 is 0 Å². The third kappa shape index (κ3) is 2.80. The lowest BCUT2D eigenvalue weighted by molar-refractivity contribution is -0.120. The molecule has 0 radical (unpaired) electrons. The number of ketones is 1. The molecule has 1 aromatic heterocycles. The summed E-state index contributed by atoms with van der Waals surface area (Å²) in [6.07, 6.45) is 2.43. The normalized spacial score (nSPS) is 16.7. The van der Waals surface area contributed by atoms with Gasteiger partial charge in [-0.3, -0.25) is 4.79 Å². The Hall–Kier alpha value is -1.48. The molecule has 110 valence electrons. The fourth-order valence-electron chi connectivity index (χ4n) is 2.65. The van der Waals surface area contributed by atoms with Crippen molar-refractivity contribution in [1.82, 2.24) is 4.98 Å². The highest BCUT2D eigenvalue weighted by molar-refractivity contribution is 7.09. The molecule has 1 saturated carbocycles. The van der Waals surface area contributed by atoms with E-state index in [1.807, 2.05) is 18.2 Å². The molecule has 2 nitrogen and oxygen atoms in total. The van der Waals surface area contributed by atoms with Gasteiger partial charge in [0.1, 0.15) is 10.8 Å². The highest BCUT2D eigenvalue weighted by Crippen LogP contribution is 2.49. The molecule has 21 heavy (non-hydrogen) atoms. The van der Waals surface area contributed by atoms with Crippen LogP contribution in [0.25, 0.3) is 0 Å². The van der Waals surface area contributed by atoms with Crippen LogP contribution in [-0.4, -0.2) is 10.8 Å². The van der Waals surface area contributed by atoms with Crippen molar-refractivity contribution >= 4 is 17.1 Å². The molecule has 1 aliphatic rings. The Kier molecular flexibility index (Phi) is 3.48. The first kappa shape index (κ1) is 14.5. The van der Waals surface area contributed by atoms with E-state index in [4.69, 9.17) is 0 Å². The number of hydrogen-bond donors (Lipinski definition) is 0. The summed E-state index contributed by atoms with van der Waals surface area (Å²) in [7, 11) is 0. The first-order chi connectivity index (χ1) is 9.92. The van der Waals surface area contributed by atoms with E-state index < -0.39 is 0 Å². The predicted molar refractivity (Wildman–Crippen MR) is 86.9 cm³/mol. The molecular weight excluding hydrogens is 278 g/mol. The van der Waals surface area contributed by atoms with Crippen LogP contribution in [0, 0.1) is 0 Å². The van der Waals surface area contributed by atoms with Crippen LogP contribution in [0.4, 0.5) is 0 Å². The summed E-state index contributed by atoms with van der Waals surface area (Å²) in [5.41, 5.74) is 2.08. The molecule has 1 heterocycles. The summed E-state index contributed by atoms with van der Waals surface area (Å²) >= 11 is 1.61. The van der Waals surface area contributed by atoms with E-state index in [1.165, 1.54) is 5.56 Å². The maximum Gasteiger partial charge on any atom is 0.150 e. The van der Waals surface area contributed by atoms with E-state index in [9.17, 15) is 4.79 Å². The maximum atomic E-state index is 12.7. The van der Waals surface area contributed by atoms with Gasteiger partial charge in [-0.15, -0.1) is 11.3 Å². The van der Waals surface area contributed by atoms with Gasteiger partial charge in [-0.2, -0.15) is 0 Å². The number of Topliss-reactive ketones (excluding diaryl/α,β-unsaturated/α-hetero) is 1. The highest BCUT2D eigenvalue weighted by atomic mass is 32.1. The zero-order chi connectivity index (χ0) is 15.1. The fraction of sp³-hybridized carbons (Fsp3) is 0.444. The summed E-state index contributed by atoms with van der Waals surface area (Å²) in [6.45, 7) is 6.46. The summed E-state index contributed by atoms with van der Waals surface area (Å²) in [6, 6.07) is 10.2. The Morgan fingerprint density at radius 2 is 1.90 bits per heavy atom. The number of thiazole rings is 1. The molecule has 3 heteroatoms. The Balaban J connectivity index is 1.77. The van der Waals surface area contributed by atoms with Crippen LogP contribution in [0.15, 0.2) is 35.7 Å². The number of carbonyl (C=O) groups excluding carboxylic acids is 1. The van der Waals surface area contributed by atoms with Crippen LogP contribution in [-0.2, 0) is 22.0 Å². The Morgan fingerprint density at radius 1 is 1.24 bits per heavy atom. The van der Waals surface area contributed by atoms with E-state index in [-0.39, 0.29) is 10.8 Å². The number of aromatic nitrogens is 1. The van der Waals surface area contributed by atoms with Crippen LogP contribution < -0.4 is 0 Å². The molecular formula is C18H21NOS. The zero-order valence-corrected chi connectivity index (χ0v) is 13.7. The topological polar surface area (TPSA) is 30.0 Å². The molecule has 0 aliphatic heterocycles. The lowest BCUT2D eigenvalue weighted by Crippen LogP contribution is -2.22. The number of hydrogen-bond acceptors (Lipinski definition) is 3. The van der Waals surface area contributed by atoms with Crippen LogP contribution in [0.1, 0.15) is 49.9 Å². The summed E-state index contributed by atoms with van der Waals surface area (Å²) in [4.78, 5) is 17.4. The maximum absolute atomic E-state index is 12.7. The van der Waals surface area contributed by atoms with Gasteiger partial charge in [-0.05, 0) is 18.4 Å². The highest BCUT2D eigenvalue weighted by Gasteiger charge is 2.50. The van der Waals surface area contributed by atoms with Crippen molar-refractivity contribution in [2.24, 2.45) is 0 Å². The van der Waals surface area contributed by atoms with E-state index in [2.05, 4.69) is 43.3 Å². The smallest absolute Gasteiger partial charge is 0.150 e. The summed E-state index contributed by atoms with van der Waals surface area (Å²) < 4.78 is 0. The van der Waals surface area contributed by atoms with Gasteiger partial charge in [0.15, 0.2) is 0 Å². The molecule has 0 N–H and O–H groups in total. The van der Waals surface area contributed by atoms with Crippen molar-refractivity contribution in [2.45, 2.75) is 50.9 Å². The van der Waals surface area contributed by atoms with Crippen LogP contribution in [0.3, 0.4) is 0 Å². The van der Waals surface area contributed by atoms with E-state index in [0.717, 1.165) is 23.5 Å². The van der Waals surface area contributed by atoms with Crippen molar-refractivity contribution < 1.29 is 4.79 Å². The molecule has 1 fully saturated rings. The van der Waals surface area contributed by atoms with Crippen molar-refractivity contribution in [1.29, 1.82) is 0 Å². The van der Waals surface area contributed by atoms with Crippen molar-refractivity contribution in [2.75, 3.05) is 0 Å². The fourth-order valence-corrected chi connectivity index (χ4v) is 3.67. The number of rotatable bonds is 4. The standard InChI is InChI=1S/C18H21NOS/c1-17(2,3)14-12-21-16(19-14)11-15(20)18(9-10-18)13-7-5-4-6-8-13/h4-8,12H,9-11H2,1-3H3. The van der Waals surface area contributed by atoms with Gasteiger partial charge in [0.05, 0.1) is 17.5 Å². The van der Waals surface area contributed by atoms with Crippen LogP contribution in [0.2, 0.25) is 0 Å². The Labute approximate surface area is 130 Å². The SMILES string of the molecule is CC(C)(C)c1csc(CC(=O)C2(c3ccccc3)CC2)n1. The first-order valence-electron chi connectivity index (χ1n) is 7.45. The zero-order valence-electron chi connectivity index (χ0n) is 12.8. The summed E-state index contributed by atoms with van der Waals surface area (Å²) in [5, 5.41) is 3.04. The molecule has 0 bridgehead atoms. The predicted octanol–water partition coefficient (Wildman–Crippen LogP) is 4.28. The van der Waals surface area contributed by atoms with Crippen molar-refractivity contribution in [3.05, 3.63) is 52.0 Å². The Morgan fingerprint density at radius 3 is 2.43 bits per heavy atom. The number of benzene rings is 1. The Bertz CT molecular complexity index is 647. The van der Waals surface area contributed by atoms with Crippen molar-refractivity contribution in [3.63, 3.8) is 0 Å². The summed E-state index contributed by atoms with van der Waals surface area (Å²) in [5.74, 6) is 0.323. The molecule has 1 aliphatic carbocycles. The molecule has 2 aromatic rings. The van der Waals surface area contributed by atoms with Crippen LogP contribution >= 0.6 is 11.3 Å². The third-order valence-corrected chi connectivity index (χ3v) is 5.09. The van der Waals surface area contributed by atoms with E-state index in [0.29, 0.717) is 12.2 Å². The van der Waals surface area contributed by atoms with Gasteiger partial charge >= 0.3 is 0 Å². The number of nitrogens with zero attached hydrogens (tertiary/aromatic N) is 1. The second-order valence-corrected chi connectivity index (χ2v) is 7.87. The van der Waals surface area contributed by atoms with Gasteiger partial charge in [-0.1, -0.05) is 51.1 Å². The minimum Gasteiger partial charge on any atom is -0.298 e. The molecule has 0 amide bonds. The molecule has 0 atom stereocenters. The van der Waals surface area contributed by atoms with Crippen molar-refractivity contribution in [3.8, 4) is 0 Å². The van der Waals surface area contributed by atoms with Gasteiger partial charge in [0.2, 0.25) is 0 Å². The third-order valence-electron chi connectivity index (χ3n) is 4.24. The molecule has 1 aromatic carbocycles. The minimum atomic E-state index is -0.227. The lowest BCUT2D eigenvalue weighted by Gasteiger charge is -2.15. The quantitative estimate of drug-likeness (QED) is 0.843. The second kappa shape index (κ2) is 5.06. The lowest BCUT2D eigenvalue weighted by atomic mass is 9.90. The molecule has 0 unspecified atom stereocenters. The van der Waals surface area contributed by atoms with Gasteiger partial charge in [-0.25, -0.2) is 4.98 Å². The molecule has 0 spiro atoms. The molecule has 3 rings (SSSR count). The van der Waals surface area contributed by atoms with Gasteiger partial charge in [0, 0.05) is 10.8 Å². The number of carbonyl (C=O) groups is 1. The van der Waals surface area contributed by atoms with Gasteiger partial charge < -0.3 is 0 Å². The second-order valence-electron chi connectivity index (χ2n) is 6.92. The van der Waals surface area contributed by atoms with E-state index in [1.54, 1.807) is 11.3 Å².